The molecule has 2 aliphatic heterocycles. The molecule has 3 unspecified atom stereocenters. The zero-order chi connectivity index (χ0) is 13.6. The number of nitrogens with two attached hydrogens (primary N) is 2. The Morgan fingerprint density at radius 3 is 2.68 bits per heavy atom. The van der Waals surface area contributed by atoms with E-state index in [1.165, 1.54) is 19.4 Å². The van der Waals surface area contributed by atoms with Crippen molar-refractivity contribution >= 4 is 5.91 Å². The van der Waals surface area contributed by atoms with Gasteiger partial charge in [0.05, 0.1) is 0 Å². The van der Waals surface area contributed by atoms with Crippen LogP contribution in [-0.2, 0) is 4.79 Å². The van der Waals surface area contributed by atoms with Crippen LogP contribution in [0.3, 0.4) is 0 Å². The molecule has 0 spiro atoms. The first-order valence-electron chi connectivity index (χ1n) is 7.57. The summed E-state index contributed by atoms with van der Waals surface area (Å²) in [5, 5.41) is 0. The molecule has 2 heterocycles. The topological polar surface area (TPSA) is 75.6 Å². The van der Waals surface area contributed by atoms with Gasteiger partial charge in [0.2, 0.25) is 5.91 Å². The highest BCUT2D eigenvalue weighted by molar-refractivity contribution is 5.85. The van der Waals surface area contributed by atoms with E-state index < -0.39 is 5.54 Å². The van der Waals surface area contributed by atoms with E-state index in [0.29, 0.717) is 24.5 Å². The van der Waals surface area contributed by atoms with Gasteiger partial charge in [0.15, 0.2) is 0 Å². The predicted molar refractivity (Wildman–Crippen MR) is 74.5 cm³/mol. The summed E-state index contributed by atoms with van der Waals surface area (Å²) in [5.74, 6) is -0.0186. The molecule has 19 heavy (non-hydrogen) atoms. The standard InChI is InChI=1S/C14H26N4O/c1-10-7-17-6-2-3-12(17)8-18(10)9-14(16,13(15)19)11-4-5-11/h10-12H,2-9,16H2,1H3,(H2,15,19). The molecule has 0 bridgehead atoms. The molecule has 0 aromatic heterocycles. The van der Waals surface area contributed by atoms with E-state index in [9.17, 15) is 4.79 Å². The summed E-state index contributed by atoms with van der Waals surface area (Å²) in [4.78, 5) is 16.8. The number of hydrogen-bond donors (Lipinski definition) is 2. The van der Waals surface area contributed by atoms with Gasteiger partial charge in [-0.05, 0) is 45.1 Å². The molecule has 3 aliphatic rings. The molecule has 108 valence electrons. The number of carbonyl (C=O) groups is 1. The smallest absolute Gasteiger partial charge is 0.239 e. The van der Waals surface area contributed by atoms with Crippen LogP contribution in [0.5, 0.6) is 0 Å². The van der Waals surface area contributed by atoms with Crippen LogP contribution in [0, 0.1) is 5.92 Å². The Kier molecular flexibility index (Phi) is 3.31. The SMILES string of the molecule is CC1CN2CCCC2CN1CC(N)(C(N)=O)C1CC1. The average Bonchev–Trinajstić information content (AvgIpc) is 3.11. The highest BCUT2D eigenvalue weighted by Gasteiger charge is 2.49. The summed E-state index contributed by atoms with van der Waals surface area (Å²) in [5.41, 5.74) is 11.1. The second kappa shape index (κ2) is 4.72. The van der Waals surface area contributed by atoms with Crippen LogP contribution in [0.1, 0.15) is 32.6 Å². The maximum absolute atomic E-state index is 11.8. The van der Waals surface area contributed by atoms with E-state index in [1.54, 1.807) is 0 Å². The Hall–Kier alpha value is -0.650. The van der Waals surface area contributed by atoms with Crippen molar-refractivity contribution in [3.63, 3.8) is 0 Å². The lowest BCUT2D eigenvalue weighted by atomic mass is 9.91. The third kappa shape index (κ3) is 2.39. The van der Waals surface area contributed by atoms with Crippen LogP contribution >= 0.6 is 0 Å². The predicted octanol–water partition coefficient (Wildman–Crippen LogP) is -0.252. The minimum absolute atomic E-state index is 0.304. The number of nitrogens with zero attached hydrogens (tertiary/aromatic N) is 2. The number of piperazine rings is 1. The fraction of sp³-hybridized carbons (Fsp3) is 0.929. The fourth-order valence-electron chi connectivity index (χ4n) is 3.81. The first-order valence-corrected chi connectivity index (χ1v) is 7.57. The van der Waals surface area contributed by atoms with E-state index in [0.717, 1.165) is 25.9 Å². The van der Waals surface area contributed by atoms with Crippen molar-refractivity contribution in [1.29, 1.82) is 0 Å². The Morgan fingerprint density at radius 1 is 1.32 bits per heavy atom. The molecule has 4 N–H and O–H groups in total. The monoisotopic (exact) mass is 266 g/mol. The third-order valence-electron chi connectivity index (χ3n) is 5.30. The summed E-state index contributed by atoms with van der Waals surface area (Å²) >= 11 is 0. The minimum Gasteiger partial charge on any atom is -0.368 e. The zero-order valence-corrected chi connectivity index (χ0v) is 11.8. The molecule has 3 atom stereocenters. The van der Waals surface area contributed by atoms with Crippen LogP contribution in [0.15, 0.2) is 0 Å². The average molecular weight is 266 g/mol. The maximum Gasteiger partial charge on any atom is 0.239 e. The molecule has 0 aromatic carbocycles. The highest BCUT2D eigenvalue weighted by Crippen LogP contribution is 2.39. The van der Waals surface area contributed by atoms with Gasteiger partial charge >= 0.3 is 0 Å². The fourth-order valence-corrected chi connectivity index (χ4v) is 3.81. The molecule has 0 radical (unpaired) electrons. The molecule has 2 saturated heterocycles. The van der Waals surface area contributed by atoms with Crippen molar-refractivity contribution in [2.75, 3.05) is 26.2 Å². The second-order valence-electron chi connectivity index (χ2n) is 6.75. The van der Waals surface area contributed by atoms with Crippen LogP contribution in [0.25, 0.3) is 0 Å². The number of carbonyl (C=O) groups excluding carboxylic acids is 1. The van der Waals surface area contributed by atoms with Gasteiger partial charge in [-0.1, -0.05) is 0 Å². The molecule has 5 heteroatoms. The first-order chi connectivity index (χ1) is 9.00. The minimum atomic E-state index is -0.810. The van der Waals surface area contributed by atoms with Gasteiger partial charge in [-0.25, -0.2) is 0 Å². The Balaban J connectivity index is 1.69. The molecule has 1 saturated carbocycles. The van der Waals surface area contributed by atoms with Gasteiger partial charge in [-0.2, -0.15) is 0 Å². The molecule has 0 aromatic rings. The molecule has 3 rings (SSSR count). The van der Waals surface area contributed by atoms with Crippen molar-refractivity contribution in [1.82, 2.24) is 9.80 Å². The molecule has 3 fully saturated rings. The van der Waals surface area contributed by atoms with E-state index in [-0.39, 0.29) is 5.91 Å². The van der Waals surface area contributed by atoms with Gasteiger partial charge in [-0.15, -0.1) is 0 Å². The molecule has 1 aliphatic carbocycles. The summed E-state index contributed by atoms with van der Waals surface area (Å²) in [6.45, 7) is 6.25. The van der Waals surface area contributed by atoms with Gasteiger partial charge in [0.25, 0.3) is 0 Å². The van der Waals surface area contributed by atoms with Crippen molar-refractivity contribution in [2.24, 2.45) is 17.4 Å². The second-order valence-corrected chi connectivity index (χ2v) is 6.75. The Labute approximate surface area is 115 Å². The van der Waals surface area contributed by atoms with E-state index in [4.69, 9.17) is 11.5 Å². The van der Waals surface area contributed by atoms with Gasteiger partial charge in [-0.3, -0.25) is 14.6 Å². The van der Waals surface area contributed by atoms with E-state index >= 15 is 0 Å². The lowest BCUT2D eigenvalue weighted by molar-refractivity contribution is -0.125. The van der Waals surface area contributed by atoms with E-state index in [1.807, 2.05) is 0 Å². The number of primary amides is 1. The normalized spacial score (nSPS) is 35.9. The number of rotatable bonds is 4. The Morgan fingerprint density at radius 2 is 2.05 bits per heavy atom. The van der Waals surface area contributed by atoms with Gasteiger partial charge < -0.3 is 11.5 Å². The van der Waals surface area contributed by atoms with Gasteiger partial charge in [0.1, 0.15) is 5.54 Å². The molecular weight excluding hydrogens is 240 g/mol. The third-order valence-corrected chi connectivity index (χ3v) is 5.30. The molecule has 5 nitrogen and oxygen atoms in total. The summed E-state index contributed by atoms with van der Waals surface area (Å²) in [7, 11) is 0. The Bertz CT molecular complexity index is 370. The quantitative estimate of drug-likeness (QED) is 0.735. The van der Waals surface area contributed by atoms with E-state index in [2.05, 4.69) is 16.7 Å². The van der Waals surface area contributed by atoms with Crippen molar-refractivity contribution in [3.8, 4) is 0 Å². The lowest BCUT2D eigenvalue weighted by Gasteiger charge is -2.45. The molecule has 1 amide bonds. The highest BCUT2D eigenvalue weighted by atomic mass is 16.1. The van der Waals surface area contributed by atoms with Crippen LogP contribution in [-0.4, -0.2) is 59.5 Å². The van der Waals surface area contributed by atoms with Crippen LogP contribution in [0.2, 0.25) is 0 Å². The van der Waals surface area contributed by atoms with Crippen LogP contribution < -0.4 is 11.5 Å². The van der Waals surface area contributed by atoms with Crippen molar-refractivity contribution in [3.05, 3.63) is 0 Å². The largest absolute Gasteiger partial charge is 0.368 e. The summed E-state index contributed by atoms with van der Waals surface area (Å²) in [6.07, 6.45) is 4.69. The zero-order valence-electron chi connectivity index (χ0n) is 11.8. The number of hydrogen-bond acceptors (Lipinski definition) is 4. The van der Waals surface area contributed by atoms with Crippen molar-refractivity contribution in [2.45, 2.75) is 50.2 Å². The maximum atomic E-state index is 11.8. The van der Waals surface area contributed by atoms with Crippen molar-refractivity contribution < 1.29 is 4.79 Å². The molecular formula is C14H26N4O. The van der Waals surface area contributed by atoms with Crippen LogP contribution in [0.4, 0.5) is 0 Å². The number of amides is 1. The summed E-state index contributed by atoms with van der Waals surface area (Å²) < 4.78 is 0. The lowest BCUT2D eigenvalue weighted by Crippen LogP contribution is -2.65. The first kappa shape index (κ1) is 13.3. The summed E-state index contributed by atoms with van der Waals surface area (Å²) in [6, 6.07) is 1.13. The van der Waals surface area contributed by atoms with Gasteiger partial charge in [0, 0.05) is 31.7 Å². The number of fused-ring (bicyclic) bond motifs is 1.